The molecule has 8 heteroatoms. The first kappa shape index (κ1) is 25.1. The van der Waals surface area contributed by atoms with Crippen molar-refractivity contribution in [3.63, 3.8) is 0 Å². The van der Waals surface area contributed by atoms with Gasteiger partial charge in [0, 0.05) is 19.6 Å². The van der Waals surface area contributed by atoms with Crippen molar-refractivity contribution in [3.8, 4) is 16.9 Å². The second-order valence-electron chi connectivity index (χ2n) is 10.1. The van der Waals surface area contributed by atoms with E-state index in [0.29, 0.717) is 32.0 Å². The second kappa shape index (κ2) is 10.3. The molecule has 2 aromatic rings. The number of benzene rings is 2. The van der Waals surface area contributed by atoms with E-state index < -0.39 is 21.8 Å². The topological polar surface area (TPSA) is 70.1 Å². The van der Waals surface area contributed by atoms with Gasteiger partial charge < -0.3 is 14.7 Å². The Balaban J connectivity index is 1.29. The molecule has 1 unspecified atom stereocenters. The molecule has 1 N–H and O–H groups in total. The maximum atomic E-state index is 13.8. The van der Waals surface area contributed by atoms with Crippen LogP contribution in [-0.4, -0.2) is 73.8 Å². The number of sulfonamides is 1. The first-order valence-electron chi connectivity index (χ1n) is 12.0. The van der Waals surface area contributed by atoms with Crippen LogP contribution in [0.3, 0.4) is 0 Å². The number of aliphatic hydroxyl groups excluding tert-OH is 1. The Labute approximate surface area is 202 Å². The lowest BCUT2D eigenvalue weighted by Crippen LogP contribution is -2.41. The Morgan fingerprint density at radius 3 is 2.09 bits per heavy atom. The summed E-state index contributed by atoms with van der Waals surface area (Å²) >= 11 is 0. The third-order valence-corrected chi connectivity index (χ3v) is 8.48. The Morgan fingerprint density at radius 2 is 1.56 bits per heavy atom. The maximum Gasteiger partial charge on any atom is 0.243 e. The molecule has 2 saturated heterocycles. The van der Waals surface area contributed by atoms with Crippen molar-refractivity contribution in [2.24, 2.45) is 5.92 Å². The van der Waals surface area contributed by atoms with E-state index in [9.17, 15) is 17.9 Å². The summed E-state index contributed by atoms with van der Waals surface area (Å²) < 4.78 is 46.6. The molecule has 34 heavy (non-hydrogen) atoms. The Hall–Kier alpha value is -2.00. The van der Waals surface area contributed by atoms with Crippen LogP contribution in [0.1, 0.15) is 33.1 Å². The summed E-state index contributed by atoms with van der Waals surface area (Å²) in [6, 6.07) is 14.7. The van der Waals surface area contributed by atoms with E-state index >= 15 is 0 Å². The summed E-state index contributed by atoms with van der Waals surface area (Å²) in [5.74, 6) is 1.28. The van der Waals surface area contributed by atoms with Crippen molar-refractivity contribution in [2.75, 3.05) is 39.3 Å². The van der Waals surface area contributed by atoms with Crippen molar-refractivity contribution in [3.05, 3.63) is 48.5 Å². The maximum absolute atomic E-state index is 13.8. The molecule has 186 valence electrons. The monoisotopic (exact) mass is 490 g/mol. The first-order chi connectivity index (χ1) is 16.1. The molecule has 0 amide bonds. The molecule has 6 nitrogen and oxygen atoms in total. The van der Waals surface area contributed by atoms with Gasteiger partial charge in [0.05, 0.1) is 17.6 Å². The van der Waals surface area contributed by atoms with Gasteiger partial charge >= 0.3 is 0 Å². The van der Waals surface area contributed by atoms with Crippen LogP contribution in [0, 0.1) is 5.92 Å². The minimum atomic E-state index is -3.58. The van der Waals surface area contributed by atoms with Crippen molar-refractivity contribution in [1.82, 2.24) is 9.21 Å². The highest BCUT2D eigenvalue weighted by molar-refractivity contribution is 7.89. The predicted molar refractivity (Wildman–Crippen MR) is 131 cm³/mol. The van der Waals surface area contributed by atoms with Crippen LogP contribution >= 0.6 is 0 Å². The number of rotatable bonds is 8. The first-order valence-corrected chi connectivity index (χ1v) is 13.5. The zero-order chi connectivity index (χ0) is 24.3. The van der Waals surface area contributed by atoms with E-state index in [1.807, 2.05) is 36.4 Å². The summed E-state index contributed by atoms with van der Waals surface area (Å²) in [4.78, 5) is 2.43. The van der Waals surface area contributed by atoms with Gasteiger partial charge in [-0.3, -0.25) is 0 Å². The number of nitrogens with zero attached hydrogens (tertiary/aromatic N) is 2. The van der Waals surface area contributed by atoms with Gasteiger partial charge in [-0.25, -0.2) is 12.8 Å². The van der Waals surface area contributed by atoms with Crippen LogP contribution in [0.2, 0.25) is 0 Å². The number of likely N-dealkylation sites (tertiary alicyclic amines) is 1. The number of β-amino-alcohol motifs (C(OH)–C–C–N with tert-alkyl or cyclic N) is 1. The van der Waals surface area contributed by atoms with E-state index in [-0.39, 0.29) is 11.4 Å². The Kier molecular flexibility index (Phi) is 7.62. The van der Waals surface area contributed by atoms with Crippen molar-refractivity contribution in [2.45, 2.75) is 49.8 Å². The fourth-order valence-electron chi connectivity index (χ4n) is 4.70. The van der Waals surface area contributed by atoms with Gasteiger partial charge in [-0.15, -0.1) is 0 Å². The molecule has 2 aromatic carbocycles. The highest BCUT2D eigenvalue weighted by atomic mass is 32.2. The number of halogens is 1. The number of alkyl halides is 1. The van der Waals surface area contributed by atoms with Gasteiger partial charge in [0.15, 0.2) is 0 Å². The zero-order valence-electron chi connectivity index (χ0n) is 20.0. The quantitative estimate of drug-likeness (QED) is 0.607. The Morgan fingerprint density at radius 1 is 0.971 bits per heavy atom. The molecule has 0 spiro atoms. The molecule has 0 radical (unpaired) electrons. The molecular weight excluding hydrogens is 455 g/mol. The predicted octanol–water partition coefficient (Wildman–Crippen LogP) is 3.95. The van der Waals surface area contributed by atoms with Crippen molar-refractivity contribution in [1.29, 1.82) is 0 Å². The average molecular weight is 491 g/mol. The van der Waals surface area contributed by atoms with E-state index in [0.717, 1.165) is 42.8 Å². The molecule has 2 heterocycles. The smallest absolute Gasteiger partial charge is 0.243 e. The highest BCUT2D eigenvalue weighted by Crippen LogP contribution is 2.27. The molecule has 2 fully saturated rings. The molecule has 0 saturated carbocycles. The van der Waals surface area contributed by atoms with E-state index in [1.165, 1.54) is 4.31 Å². The van der Waals surface area contributed by atoms with Gasteiger partial charge in [-0.1, -0.05) is 24.3 Å². The molecule has 2 aliphatic heterocycles. The molecule has 0 aliphatic carbocycles. The van der Waals surface area contributed by atoms with E-state index in [4.69, 9.17) is 4.74 Å². The molecule has 4 rings (SSSR count). The third kappa shape index (κ3) is 6.36. The van der Waals surface area contributed by atoms with Gasteiger partial charge in [0.2, 0.25) is 10.0 Å². The van der Waals surface area contributed by atoms with Gasteiger partial charge in [0.25, 0.3) is 0 Å². The molecule has 0 bridgehead atoms. The van der Waals surface area contributed by atoms with Crippen LogP contribution in [0.15, 0.2) is 53.4 Å². The number of hydrogen-bond donors (Lipinski definition) is 1. The van der Waals surface area contributed by atoms with Gasteiger partial charge in [0.1, 0.15) is 11.4 Å². The van der Waals surface area contributed by atoms with Crippen LogP contribution < -0.4 is 4.74 Å². The molecule has 2 aliphatic rings. The molecular formula is C26H35FN2O4S. The fraction of sp³-hybridized carbons (Fsp3) is 0.538. The minimum Gasteiger partial charge on any atom is -0.493 e. The SMILES string of the molecule is CC(C)(F)CN1CCC(COc2ccc(-c3ccc(S(=O)(=O)N4CCC(O)C4)cc3)cc2)CC1. The standard InChI is InChI=1S/C26H35FN2O4S/c1-26(2,27)19-28-14-11-20(12-15-28)18-33-24-7-3-21(4-8-24)22-5-9-25(10-6-22)34(31,32)29-16-13-23(30)17-29/h3-10,20,23,30H,11-19H2,1-2H3. The fourth-order valence-corrected chi connectivity index (χ4v) is 6.19. The lowest BCUT2D eigenvalue weighted by Gasteiger charge is -2.34. The number of hydrogen-bond acceptors (Lipinski definition) is 5. The van der Waals surface area contributed by atoms with Crippen molar-refractivity contribution < 1.29 is 22.7 Å². The van der Waals surface area contributed by atoms with Gasteiger partial charge in [-0.2, -0.15) is 4.31 Å². The lowest BCUT2D eigenvalue weighted by atomic mass is 9.97. The summed E-state index contributed by atoms with van der Waals surface area (Å²) in [6.07, 6.45) is 1.92. The lowest BCUT2D eigenvalue weighted by molar-refractivity contribution is 0.0836. The Bertz CT molecular complexity index is 1040. The second-order valence-corrected chi connectivity index (χ2v) is 12.0. The summed E-state index contributed by atoms with van der Waals surface area (Å²) in [5, 5.41) is 9.65. The number of ether oxygens (including phenoxy) is 1. The summed E-state index contributed by atoms with van der Waals surface area (Å²) in [6.45, 7) is 6.71. The van der Waals surface area contributed by atoms with E-state index in [1.54, 1.807) is 26.0 Å². The van der Waals surface area contributed by atoms with E-state index in [2.05, 4.69) is 4.90 Å². The van der Waals surface area contributed by atoms with Crippen LogP contribution in [0.4, 0.5) is 4.39 Å². The zero-order valence-corrected chi connectivity index (χ0v) is 20.8. The highest BCUT2D eigenvalue weighted by Gasteiger charge is 2.31. The summed E-state index contributed by atoms with van der Waals surface area (Å²) in [5.41, 5.74) is 0.752. The van der Waals surface area contributed by atoms with Crippen LogP contribution in [0.5, 0.6) is 5.75 Å². The molecule has 0 aromatic heterocycles. The van der Waals surface area contributed by atoms with Gasteiger partial charge in [-0.05, 0) is 87.5 Å². The largest absolute Gasteiger partial charge is 0.493 e. The van der Waals surface area contributed by atoms with Crippen molar-refractivity contribution >= 4 is 10.0 Å². The number of aliphatic hydroxyl groups is 1. The normalized spacial score (nSPS) is 21.1. The molecule has 1 atom stereocenters. The number of piperidine rings is 1. The summed E-state index contributed by atoms with van der Waals surface area (Å²) in [7, 11) is -3.58. The minimum absolute atomic E-state index is 0.153. The van der Waals surface area contributed by atoms with Crippen LogP contribution in [-0.2, 0) is 10.0 Å². The van der Waals surface area contributed by atoms with Crippen LogP contribution in [0.25, 0.3) is 11.1 Å². The average Bonchev–Trinajstić information content (AvgIpc) is 3.25. The third-order valence-electron chi connectivity index (χ3n) is 6.60.